The molecule has 0 aromatic carbocycles. The van der Waals surface area contributed by atoms with Crippen molar-refractivity contribution in [2.75, 3.05) is 11.9 Å². The Morgan fingerprint density at radius 3 is 2.81 bits per heavy atom. The fourth-order valence-corrected chi connectivity index (χ4v) is 2.16. The van der Waals surface area contributed by atoms with Crippen molar-refractivity contribution in [2.24, 2.45) is 0 Å². The molecule has 1 heterocycles. The molecule has 0 aliphatic heterocycles. The molecule has 2 rings (SSSR count). The minimum Gasteiger partial charge on any atom is -0.364 e. The van der Waals surface area contributed by atoms with E-state index in [1.807, 2.05) is 6.92 Å². The van der Waals surface area contributed by atoms with Gasteiger partial charge < -0.3 is 10.6 Å². The van der Waals surface area contributed by atoms with Crippen molar-refractivity contribution in [3.05, 3.63) is 15.8 Å². The monoisotopic (exact) mass is 295 g/mol. The number of rotatable bonds is 8. The van der Waals surface area contributed by atoms with Gasteiger partial charge in [-0.15, -0.1) is 0 Å². The van der Waals surface area contributed by atoms with E-state index in [-0.39, 0.29) is 11.6 Å². The van der Waals surface area contributed by atoms with Crippen LogP contribution in [-0.2, 0) is 11.3 Å². The number of aromatic nitrogens is 2. The second-order valence-corrected chi connectivity index (χ2v) is 5.28. The number of carbonyl (C=O) groups is 1. The molecule has 1 aliphatic rings. The van der Waals surface area contributed by atoms with E-state index in [9.17, 15) is 14.9 Å². The second kappa shape index (κ2) is 6.55. The first-order chi connectivity index (χ1) is 10.0. The Bertz CT molecular complexity index is 536. The average Bonchev–Trinajstić information content (AvgIpc) is 3.14. The van der Waals surface area contributed by atoms with E-state index in [1.54, 1.807) is 11.6 Å². The molecule has 0 atom stereocenters. The van der Waals surface area contributed by atoms with Gasteiger partial charge >= 0.3 is 5.69 Å². The van der Waals surface area contributed by atoms with E-state index < -0.39 is 4.92 Å². The smallest absolute Gasteiger partial charge is 0.333 e. The van der Waals surface area contributed by atoms with Crippen molar-refractivity contribution in [1.29, 1.82) is 0 Å². The Morgan fingerprint density at radius 1 is 1.52 bits per heavy atom. The third-order valence-electron chi connectivity index (χ3n) is 3.30. The van der Waals surface area contributed by atoms with Gasteiger partial charge in [0.25, 0.3) is 0 Å². The number of hydrogen-bond acceptors (Lipinski definition) is 5. The van der Waals surface area contributed by atoms with Crippen LogP contribution in [0.5, 0.6) is 0 Å². The van der Waals surface area contributed by atoms with Crippen molar-refractivity contribution in [1.82, 2.24) is 15.1 Å². The van der Waals surface area contributed by atoms with Gasteiger partial charge in [0.1, 0.15) is 5.69 Å². The summed E-state index contributed by atoms with van der Waals surface area (Å²) in [6.45, 7) is 4.56. The zero-order valence-corrected chi connectivity index (χ0v) is 12.4. The molecule has 2 N–H and O–H groups in total. The molecule has 1 amide bonds. The molecule has 1 saturated carbocycles. The minimum absolute atomic E-state index is 0.00829. The summed E-state index contributed by atoms with van der Waals surface area (Å²) < 4.78 is 1.60. The zero-order chi connectivity index (χ0) is 15.4. The lowest BCUT2D eigenvalue weighted by atomic mass is 10.3. The second-order valence-electron chi connectivity index (χ2n) is 5.28. The van der Waals surface area contributed by atoms with E-state index in [0.29, 0.717) is 37.1 Å². The van der Waals surface area contributed by atoms with Gasteiger partial charge in [-0.05, 0) is 26.2 Å². The molecule has 0 unspecified atom stereocenters. The minimum atomic E-state index is -0.429. The van der Waals surface area contributed by atoms with E-state index in [0.717, 1.165) is 19.3 Å². The van der Waals surface area contributed by atoms with Crippen molar-refractivity contribution >= 4 is 17.4 Å². The molecule has 1 aliphatic carbocycles. The lowest BCUT2D eigenvalue weighted by Gasteiger charge is -2.08. The van der Waals surface area contributed by atoms with E-state index in [1.165, 1.54) is 0 Å². The fraction of sp³-hybridized carbons (Fsp3) is 0.692. The molecule has 0 radical (unpaired) electrons. The maximum Gasteiger partial charge on any atom is 0.333 e. The third kappa shape index (κ3) is 3.93. The van der Waals surface area contributed by atoms with Crippen LogP contribution in [0.15, 0.2) is 0 Å². The van der Waals surface area contributed by atoms with Gasteiger partial charge in [-0.3, -0.25) is 14.9 Å². The van der Waals surface area contributed by atoms with Crippen LogP contribution in [0.3, 0.4) is 0 Å². The van der Waals surface area contributed by atoms with E-state index in [4.69, 9.17) is 0 Å². The number of nitro groups is 1. The van der Waals surface area contributed by atoms with Crippen LogP contribution in [0.25, 0.3) is 0 Å². The van der Waals surface area contributed by atoms with Crippen LogP contribution in [0.4, 0.5) is 11.5 Å². The average molecular weight is 295 g/mol. The Morgan fingerprint density at radius 2 is 2.24 bits per heavy atom. The normalized spacial score (nSPS) is 14.0. The van der Waals surface area contributed by atoms with Gasteiger partial charge in [-0.2, -0.15) is 5.10 Å². The van der Waals surface area contributed by atoms with Crippen molar-refractivity contribution in [3.8, 4) is 0 Å². The van der Waals surface area contributed by atoms with E-state index in [2.05, 4.69) is 15.7 Å². The standard InChI is InChI=1S/C13H21N5O3/c1-3-8-17-13(12(18(20)21)9(2)16-17)14-7-6-11(19)15-10-4-5-10/h10,14H,3-8H2,1-2H3,(H,15,19). The van der Waals surface area contributed by atoms with Gasteiger partial charge in [-0.1, -0.05) is 6.92 Å². The van der Waals surface area contributed by atoms with Gasteiger partial charge in [0.15, 0.2) is 0 Å². The van der Waals surface area contributed by atoms with Crippen molar-refractivity contribution in [3.63, 3.8) is 0 Å². The summed E-state index contributed by atoms with van der Waals surface area (Å²) in [6, 6.07) is 0.333. The van der Waals surface area contributed by atoms with Gasteiger partial charge in [0, 0.05) is 25.6 Å². The first-order valence-electron chi connectivity index (χ1n) is 7.28. The number of nitrogens with zero attached hydrogens (tertiary/aromatic N) is 3. The van der Waals surface area contributed by atoms with Crippen LogP contribution in [0.2, 0.25) is 0 Å². The first kappa shape index (κ1) is 15.3. The summed E-state index contributed by atoms with van der Waals surface area (Å²) in [7, 11) is 0. The molecule has 116 valence electrons. The predicted octanol–water partition coefficient (Wildman–Crippen LogP) is 1.59. The maximum absolute atomic E-state index is 11.6. The highest BCUT2D eigenvalue weighted by molar-refractivity contribution is 5.77. The number of carbonyl (C=O) groups excluding carboxylic acids is 1. The summed E-state index contributed by atoms with van der Waals surface area (Å²) in [4.78, 5) is 22.3. The first-order valence-corrected chi connectivity index (χ1v) is 7.28. The van der Waals surface area contributed by atoms with Crippen LogP contribution >= 0.6 is 0 Å². The van der Waals surface area contributed by atoms with Gasteiger partial charge in [0.2, 0.25) is 11.7 Å². The Kier molecular flexibility index (Phi) is 4.77. The molecular weight excluding hydrogens is 274 g/mol. The lowest BCUT2D eigenvalue weighted by molar-refractivity contribution is -0.384. The molecule has 1 fully saturated rings. The molecule has 1 aromatic heterocycles. The predicted molar refractivity (Wildman–Crippen MR) is 78.2 cm³/mol. The Hall–Kier alpha value is -2.12. The van der Waals surface area contributed by atoms with E-state index >= 15 is 0 Å². The lowest BCUT2D eigenvalue weighted by Crippen LogP contribution is -2.27. The highest BCUT2D eigenvalue weighted by Crippen LogP contribution is 2.28. The summed E-state index contributed by atoms with van der Waals surface area (Å²) >= 11 is 0. The molecule has 21 heavy (non-hydrogen) atoms. The molecule has 1 aromatic rings. The molecule has 0 spiro atoms. The number of hydrogen-bond donors (Lipinski definition) is 2. The van der Waals surface area contributed by atoms with Crippen LogP contribution in [0.1, 0.15) is 38.3 Å². The Balaban J connectivity index is 1.99. The topological polar surface area (TPSA) is 102 Å². The zero-order valence-electron chi connectivity index (χ0n) is 12.4. The van der Waals surface area contributed by atoms with Crippen molar-refractivity contribution < 1.29 is 9.72 Å². The molecule has 0 saturated heterocycles. The fourth-order valence-electron chi connectivity index (χ4n) is 2.16. The molecule has 8 heteroatoms. The highest BCUT2D eigenvalue weighted by atomic mass is 16.6. The maximum atomic E-state index is 11.6. The van der Waals surface area contributed by atoms with Gasteiger partial charge in [0.05, 0.1) is 4.92 Å². The van der Waals surface area contributed by atoms with Crippen LogP contribution < -0.4 is 10.6 Å². The van der Waals surface area contributed by atoms with Crippen molar-refractivity contribution in [2.45, 2.75) is 52.1 Å². The number of anilines is 1. The molecule has 0 bridgehead atoms. The van der Waals surface area contributed by atoms with Crippen LogP contribution in [0, 0.1) is 17.0 Å². The number of amides is 1. The highest BCUT2D eigenvalue weighted by Gasteiger charge is 2.26. The quantitative estimate of drug-likeness (QED) is 0.560. The summed E-state index contributed by atoms with van der Waals surface area (Å²) in [5, 5.41) is 21.2. The molecular formula is C13H21N5O3. The van der Waals surface area contributed by atoms with Crippen LogP contribution in [-0.4, -0.2) is 33.2 Å². The van der Waals surface area contributed by atoms with Gasteiger partial charge in [-0.25, -0.2) is 4.68 Å². The number of aryl methyl sites for hydroxylation is 2. The summed E-state index contributed by atoms with van der Waals surface area (Å²) in [5.41, 5.74) is 0.379. The largest absolute Gasteiger partial charge is 0.364 e. The Labute approximate surface area is 123 Å². The number of nitrogens with one attached hydrogen (secondary N) is 2. The SMILES string of the molecule is CCCn1nc(C)c([N+](=O)[O-])c1NCCC(=O)NC1CC1. The summed E-state index contributed by atoms with van der Waals surface area (Å²) in [5.74, 6) is 0.365. The molecule has 8 nitrogen and oxygen atoms in total. The summed E-state index contributed by atoms with van der Waals surface area (Å²) in [6.07, 6.45) is 3.22. The third-order valence-corrected chi connectivity index (χ3v) is 3.30.